The first-order chi connectivity index (χ1) is 16.7. The van der Waals surface area contributed by atoms with Gasteiger partial charge in [-0.3, -0.25) is 9.48 Å². The van der Waals surface area contributed by atoms with Crippen molar-refractivity contribution < 1.29 is 27.4 Å². The number of ether oxygens (including phenoxy) is 2. The number of carbonyl (C=O) groups is 1. The van der Waals surface area contributed by atoms with Gasteiger partial charge in [-0.1, -0.05) is 13.8 Å². The fraction of sp³-hybridized carbons (Fsp3) is 0.400. The first kappa shape index (κ1) is 24.6. The Morgan fingerprint density at radius 1 is 1.09 bits per heavy atom. The number of halogens is 3. The van der Waals surface area contributed by atoms with Gasteiger partial charge in [0.05, 0.1) is 37.2 Å². The van der Waals surface area contributed by atoms with Crippen LogP contribution in [0.5, 0.6) is 11.6 Å². The molecule has 0 saturated carbocycles. The number of rotatable bonds is 6. The Kier molecular flexibility index (Phi) is 6.73. The Hall–Kier alpha value is -3.56. The van der Waals surface area contributed by atoms with Gasteiger partial charge in [0.1, 0.15) is 0 Å². The zero-order valence-corrected chi connectivity index (χ0v) is 20.2. The Bertz CT molecular complexity index is 1250. The van der Waals surface area contributed by atoms with E-state index in [1.54, 1.807) is 18.0 Å². The Morgan fingerprint density at radius 3 is 2.34 bits per heavy atom. The summed E-state index contributed by atoms with van der Waals surface area (Å²) in [4.78, 5) is 19.7. The topological polar surface area (TPSA) is 69.5 Å². The highest BCUT2D eigenvalue weighted by Gasteiger charge is 2.40. The van der Waals surface area contributed by atoms with Crippen molar-refractivity contribution in [1.82, 2.24) is 19.7 Å². The minimum absolute atomic E-state index is 0.200. The van der Waals surface area contributed by atoms with Gasteiger partial charge >= 0.3 is 0 Å². The zero-order chi connectivity index (χ0) is 25.4. The van der Waals surface area contributed by atoms with E-state index in [4.69, 9.17) is 9.47 Å². The monoisotopic (exact) mass is 488 g/mol. The van der Waals surface area contributed by atoms with Crippen molar-refractivity contribution in [3.63, 3.8) is 0 Å². The molecule has 35 heavy (non-hydrogen) atoms. The van der Waals surface area contributed by atoms with E-state index in [2.05, 4.69) is 10.1 Å². The second-order valence-electron chi connectivity index (χ2n) is 8.43. The average Bonchev–Trinajstić information content (AvgIpc) is 3.19. The first-order valence-electron chi connectivity index (χ1n) is 11.4. The van der Waals surface area contributed by atoms with Crippen molar-refractivity contribution in [1.29, 1.82) is 0 Å². The number of aromatic nitrogens is 3. The normalized spacial score (nSPS) is 17.3. The van der Waals surface area contributed by atoms with Gasteiger partial charge in [0.2, 0.25) is 0 Å². The van der Waals surface area contributed by atoms with Crippen LogP contribution in [0.1, 0.15) is 54.3 Å². The fourth-order valence-electron chi connectivity index (χ4n) is 4.87. The molecule has 2 aromatic heterocycles. The van der Waals surface area contributed by atoms with E-state index in [9.17, 15) is 18.0 Å². The third-order valence-electron chi connectivity index (χ3n) is 6.49. The maximum Gasteiger partial charge on any atom is 0.256 e. The Labute approximate surface area is 201 Å². The van der Waals surface area contributed by atoms with Gasteiger partial charge < -0.3 is 14.4 Å². The summed E-state index contributed by atoms with van der Waals surface area (Å²) in [6, 6.07) is 2.97. The highest BCUT2D eigenvalue weighted by Crippen LogP contribution is 2.41. The van der Waals surface area contributed by atoms with E-state index in [0.29, 0.717) is 42.0 Å². The summed E-state index contributed by atoms with van der Waals surface area (Å²) < 4.78 is 53.7. The molecule has 7 nitrogen and oxygen atoms in total. The van der Waals surface area contributed by atoms with Crippen LogP contribution in [0.15, 0.2) is 24.4 Å². The van der Waals surface area contributed by atoms with E-state index >= 15 is 0 Å². The second kappa shape index (κ2) is 9.59. The lowest BCUT2D eigenvalue weighted by atomic mass is 9.87. The zero-order valence-electron chi connectivity index (χ0n) is 20.2. The van der Waals surface area contributed by atoms with Gasteiger partial charge in [-0.05, 0) is 31.4 Å². The van der Waals surface area contributed by atoms with E-state index < -0.39 is 17.5 Å². The van der Waals surface area contributed by atoms with Crippen LogP contribution >= 0.6 is 0 Å². The van der Waals surface area contributed by atoms with Crippen molar-refractivity contribution in [3.8, 4) is 22.9 Å². The molecule has 10 heteroatoms. The SMILES string of the molecule is CCC1Cc2c(nn(C)c2-c2cc(F)c(F)c(F)c2)C(CC)N1C(=O)c1cnc(OC)c(OC)c1. The summed E-state index contributed by atoms with van der Waals surface area (Å²) >= 11 is 0. The molecule has 0 radical (unpaired) electrons. The smallest absolute Gasteiger partial charge is 0.256 e. The Balaban J connectivity index is 1.81. The predicted octanol–water partition coefficient (Wildman–Crippen LogP) is 4.84. The third-order valence-corrected chi connectivity index (χ3v) is 6.49. The molecule has 0 aliphatic carbocycles. The largest absolute Gasteiger partial charge is 0.491 e. The summed E-state index contributed by atoms with van der Waals surface area (Å²) in [5, 5.41) is 4.64. The third kappa shape index (κ3) is 4.11. The maximum atomic E-state index is 14.0. The highest BCUT2D eigenvalue weighted by atomic mass is 19.2. The number of hydrogen-bond donors (Lipinski definition) is 0. The highest BCUT2D eigenvalue weighted by molar-refractivity contribution is 5.95. The van der Waals surface area contributed by atoms with Crippen LogP contribution in [-0.4, -0.2) is 45.8 Å². The van der Waals surface area contributed by atoms with E-state index in [1.165, 1.54) is 25.1 Å². The van der Waals surface area contributed by atoms with Crippen molar-refractivity contribution in [2.45, 2.75) is 45.2 Å². The van der Waals surface area contributed by atoms with Crippen molar-refractivity contribution in [3.05, 3.63) is 58.7 Å². The van der Waals surface area contributed by atoms with Crippen molar-refractivity contribution in [2.75, 3.05) is 14.2 Å². The number of benzene rings is 1. The number of hydrogen-bond acceptors (Lipinski definition) is 5. The number of carbonyl (C=O) groups excluding carboxylic acids is 1. The van der Waals surface area contributed by atoms with Crippen LogP contribution in [0, 0.1) is 17.5 Å². The number of pyridine rings is 1. The number of fused-ring (bicyclic) bond motifs is 1. The molecular formula is C25H27F3N4O3. The molecule has 1 aromatic carbocycles. The van der Waals surface area contributed by atoms with Gasteiger partial charge in [0.15, 0.2) is 23.2 Å². The lowest BCUT2D eigenvalue weighted by molar-refractivity contribution is 0.0512. The quantitative estimate of drug-likeness (QED) is 0.464. The van der Waals surface area contributed by atoms with E-state index in [1.807, 2.05) is 13.8 Å². The van der Waals surface area contributed by atoms with E-state index in [-0.39, 0.29) is 29.4 Å². The summed E-state index contributed by atoms with van der Waals surface area (Å²) in [7, 11) is 4.61. The first-order valence-corrected chi connectivity index (χ1v) is 11.4. The number of methoxy groups -OCH3 is 2. The molecule has 1 amide bonds. The molecule has 2 unspecified atom stereocenters. The predicted molar refractivity (Wildman–Crippen MR) is 123 cm³/mol. The summed E-state index contributed by atoms with van der Waals surface area (Å²) in [6.07, 6.45) is 3.09. The van der Waals surface area contributed by atoms with Crippen molar-refractivity contribution >= 4 is 5.91 Å². The molecule has 0 bridgehead atoms. The van der Waals surface area contributed by atoms with E-state index in [0.717, 1.165) is 17.7 Å². The minimum Gasteiger partial charge on any atom is -0.491 e. The number of amides is 1. The molecule has 3 heterocycles. The minimum atomic E-state index is -1.51. The molecule has 3 aromatic rings. The number of nitrogens with zero attached hydrogens (tertiary/aromatic N) is 4. The average molecular weight is 489 g/mol. The lowest BCUT2D eigenvalue weighted by Crippen LogP contribution is -2.47. The van der Waals surface area contributed by atoms with Gasteiger partial charge in [0.25, 0.3) is 11.8 Å². The number of aryl methyl sites for hydroxylation is 1. The summed E-state index contributed by atoms with van der Waals surface area (Å²) in [6.45, 7) is 3.92. The van der Waals surface area contributed by atoms with Crippen LogP contribution < -0.4 is 9.47 Å². The molecule has 0 spiro atoms. The molecule has 2 atom stereocenters. The lowest BCUT2D eigenvalue weighted by Gasteiger charge is -2.41. The van der Waals surface area contributed by atoms with Gasteiger partial charge in [0, 0.05) is 36.5 Å². The molecule has 0 N–H and O–H groups in total. The summed E-state index contributed by atoms with van der Waals surface area (Å²) in [5.74, 6) is -3.64. The van der Waals surface area contributed by atoms with Crippen LogP contribution in [0.25, 0.3) is 11.3 Å². The summed E-state index contributed by atoms with van der Waals surface area (Å²) in [5.41, 5.74) is 2.51. The van der Waals surface area contributed by atoms with Crippen LogP contribution in [0.2, 0.25) is 0 Å². The Morgan fingerprint density at radius 2 is 1.77 bits per heavy atom. The van der Waals surface area contributed by atoms with Crippen LogP contribution in [0.4, 0.5) is 13.2 Å². The van der Waals surface area contributed by atoms with Gasteiger partial charge in [-0.2, -0.15) is 5.10 Å². The van der Waals surface area contributed by atoms with Crippen LogP contribution in [-0.2, 0) is 13.5 Å². The fourth-order valence-corrected chi connectivity index (χ4v) is 4.87. The maximum absolute atomic E-state index is 14.0. The molecular weight excluding hydrogens is 461 g/mol. The molecule has 0 saturated heterocycles. The molecule has 1 aliphatic rings. The van der Waals surface area contributed by atoms with Crippen LogP contribution in [0.3, 0.4) is 0 Å². The van der Waals surface area contributed by atoms with Crippen molar-refractivity contribution in [2.24, 2.45) is 7.05 Å². The second-order valence-corrected chi connectivity index (χ2v) is 8.43. The molecule has 0 fully saturated rings. The molecule has 4 rings (SSSR count). The molecule has 1 aliphatic heterocycles. The standard InChI is InChI=1S/C25H27F3N4O3/c1-6-15-11-16-22(30-31(3)23(16)13-8-17(26)21(28)18(27)9-13)19(7-2)32(15)25(33)14-10-20(34-4)24(35-5)29-12-14/h8-10,12,15,19H,6-7,11H2,1-5H3. The van der Waals surface area contributed by atoms with Gasteiger partial charge in [-0.15, -0.1) is 0 Å². The molecule has 186 valence electrons. The van der Waals surface area contributed by atoms with Gasteiger partial charge in [-0.25, -0.2) is 18.2 Å².